The van der Waals surface area contributed by atoms with Gasteiger partial charge >= 0.3 is 0 Å². The summed E-state index contributed by atoms with van der Waals surface area (Å²) in [7, 11) is 0. The van der Waals surface area contributed by atoms with E-state index in [0.29, 0.717) is 17.0 Å². The lowest BCUT2D eigenvalue weighted by Gasteiger charge is -2.17. The summed E-state index contributed by atoms with van der Waals surface area (Å²) in [6.45, 7) is 10.7. The predicted octanol–water partition coefficient (Wildman–Crippen LogP) is 7.22. The number of aryl methyl sites for hydroxylation is 1. The van der Waals surface area contributed by atoms with Crippen molar-refractivity contribution in [2.24, 2.45) is 0 Å². The minimum absolute atomic E-state index is 0.0733. The van der Waals surface area contributed by atoms with Gasteiger partial charge in [0, 0.05) is 11.3 Å². The number of hydrogen-bond acceptors (Lipinski definition) is 4. The molecule has 4 aromatic rings. The molecule has 0 saturated carbocycles. The second kappa shape index (κ2) is 10.9. The number of para-hydroxylation sites is 1. The third kappa shape index (κ3) is 5.82. The van der Waals surface area contributed by atoms with Crippen LogP contribution in [0.1, 0.15) is 56.2 Å². The first-order valence-electron chi connectivity index (χ1n) is 12.0. The van der Waals surface area contributed by atoms with Gasteiger partial charge in [0.15, 0.2) is 11.0 Å². The van der Waals surface area contributed by atoms with E-state index in [1.807, 2.05) is 18.2 Å². The Labute approximate surface area is 212 Å². The van der Waals surface area contributed by atoms with Crippen molar-refractivity contribution < 1.29 is 4.79 Å². The highest BCUT2D eigenvalue weighted by molar-refractivity contribution is 7.99. The zero-order chi connectivity index (χ0) is 24.9. The van der Waals surface area contributed by atoms with Crippen LogP contribution < -0.4 is 5.32 Å². The summed E-state index contributed by atoms with van der Waals surface area (Å²) in [6.07, 6.45) is 0. The second-order valence-corrected chi connectivity index (χ2v) is 10.3. The zero-order valence-electron chi connectivity index (χ0n) is 20.9. The summed E-state index contributed by atoms with van der Waals surface area (Å²) in [5.74, 6) is 1.72. The maximum atomic E-state index is 12.8. The molecular formula is C29H32N4OS. The number of benzene rings is 3. The molecule has 1 N–H and O–H groups in total. The minimum atomic E-state index is -0.0733. The molecule has 0 spiro atoms. The molecular weight excluding hydrogens is 452 g/mol. The first-order valence-corrected chi connectivity index (χ1v) is 13.0. The highest BCUT2D eigenvalue weighted by atomic mass is 32.2. The Morgan fingerprint density at radius 1 is 0.886 bits per heavy atom. The molecule has 1 aromatic heterocycles. The molecule has 1 amide bonds. The van der Waals surface area contributed by atoms with Gasteiger partial charge in [-0.2, -0.15) is 0 Å². The molecule has 0 unspecified atom stereocenters. The fourth-order valence-corrected chi connectivity index (χ4v) is 4.67. The largest absolute Gasteiger partial charge is 0.325 e. The van der Waals surface area contributed by atoms with Gasteiger partial charge in [-0.25, -0.2) is 0 Å². The molecule has 0 saturated heterocycles. The third-order valence-electron chi connectivity index (χ3n) is 5.94. The van der Waals surface area contributed by atoms with Crippen molar-refractivity contribution in [3.05, 3.63) is 89.5 Å². The van der Waals surface area contributed by atoms with Crippen molar-refractivity contribution in [3.8, 4) is 17.1 Å². The van der Waals surface area contributed by atoms with E-state index in [0.717, 1.165) is 22.8 Å². The van der Waals surface area contributed by atoms with Crippen molar-refractivity contribution in [2.45, 2.75) is 51.6 Å². The molecule has 3 aromatic carbocycles. The molecule has 0 fully saturated rings. The maximum Gasteiger partial charge on any atom is 0.234 e. The lowest BCUT2D eigenvalue weighted by molar-refractivity contribution is -0.113. The van der Waals surface area contributed by atoms with Crippen molar-refractivity contribution in [2.75, 3.05) is 11.1 Å². The number of nitrogens with zero attached hydrogens (tertiary/aromatic N) is 3. The number of carbonyl (C=O) groups is 1. The Balaban J connectivity index is 1.61. The minimum Gasteiger partial charge on any atom is -0.325 e. The first kappa shape index (κ1) is 24.7. The monoisotopic (exact) mass is 484 g/mol. The summed E-state index contributed by atoms with van der Waals surface area (Å²) in [5, 5.41) is 12.7. The van der Waals surface area contributed by atoms with Crippen molar-refractivity contribution in [3.63, 3.8) is 0 Å². The maximum absolute atomic E-state index is 12.8. The van der Waals surface area contributed by atoms with E-state index >= 15 is 0 Å². The van der Waals surface area contributed by atoms with Gasteiger partial charge in [0.25, 0.3) is 0 Å². The Bertz CT molecular complexity index is 1290. The molecule has 0 aliphatic heterocycles. The van der Waals surface area contributed by atoms with Gasteiger partial charge in [0.2, 0.25) is 5.91 Å². The van der Waals surface area contributed by atoms with Crippen LogP contribution in [-0.2, 0) is 4.79 Å². The number of anilines is 1. The summed E-state index contributed by atoms with van der Waals surface area (Å²) in [5.41, 5.74) is 6.47. The van der Waals surface area contributed by atoms with Crippen molar-refractivity contribution in [1.29, 1.82) is 0 Å². The third-order valence-corrected chi connectivity index (χ3v) is 6.87. The van der Waals surface area contributed by atoms with Gasteiger partial charge in [0.1, 0.15) is 0 Å². The number of nitrogens with one attached hydrogen (secondary N) is 1. The van der Waals surface area contributed by atoms with Gasteiger partial charge in [-0.05, 0) is 48.1 Å². The van der Waals surface area contributed by atoms with Crippen LogP contribution in [0, 0.1) is 6.92 Å². The van der Waals surface area contributed by atoms with E-state index in [1.54, 1.807) is 0 Å². The molecule has 6 heteroatoms. The van der Waals surface area contributed by atoms with Gasteiger partial charge in [-0.3, -0.25) is 9.36 Å². The Kier molecular flexibility index (Phi) is 7.71. The Morgan fingerprint density at radius 3 is 2.23 bits per heavy atom. The van der Waals surface area contributed by atoms with Crippen LogP contribution >= 0.6 is 11.8 Å². The standard InChI is InChI=1S/C29H32N4OS/c1-19(2)22-14-16-24(17-15-22)30-27(34)18-35-29-32-31-28(23-12-10-21(5)11-13-23)33(29)26-9-7-6-8-25(26)20(3)4/h6-17,19-20H,18H2,1-5H3,(H,30,34). The highest BCUT2D eigenvalue weighted by Crippen LogP contribution is 2.32. The Hall–Kier alpha value is -3.38. The molecule has 4 rings (SSSR count). The molecule has 1 heterocycles. The molecule has 180 valence electrons. The number of rotatable bonds is 8. The quantitative estimate of drug-likeness (QED) is 0.268. The molecule has 0 atom stereocenters. The molecule has 5 nitrogen and oxygen atoms in total. The van der Waals surface area contributed by atoms with E-state index in [9.17, 15) is 4.79 Å². The summed E-state index contributed by atoms with van der Waals surface area (Å²) in [6, 6.07) is 24.6. The van der Waals surface area contributed by atoms with Gasteiger partial charge in [0.05, 0.1) is 11.4 Å². The molecule has 0 aliphatic rings. The predicted molar refractivity (Wildman–Crippen MR) is 146 cm³/mol. The van der Waals surface area contributed by atoms with Gasteiger partial charge < -0.3 is 5.32 Å². The van der Waals surface area contributed by atoms with E-state index < -0.39 is 0 Å². The van der Waals surface area contributed by atoms with Crippen molar-refractivity contribution in [1.82, 2.24) is 14.8 Å². The highest BCUT2D eigenvalue weighted by Gasteiger charge is 2.20. The van der Waals surface area contributed by atoms with E-state index in [4.69, 9.17) is 0 Å². The normalized spacial score (nSPS) is 11.3. The van der Waals surface area contributed by atoms with E-state index in [1.165, 1.54) is 28.5 Å². The van der Waals surface area contributed by atoms with Gasteiger partial charge in [-0.15, -0.1) is 10.2 Å². The van der Waals surface area contributed by atoms with Crippen molar-refractivity contribution >= 4 is 23.4 Å². The number of thioether (sulfide) groups is 1. The van der Waals surface area contributed by atoms with Crippen LogP contribution in [0.2, 0.25) is 0 Å². The zero-order valence-corrected chi connectivity index (χ0v) is 21.8. The summed E-state index contributed by atoms with van der Waals surface area (Å²) < 4.78 is 2.08. The van der Waals surface area contributed by atoms with E-state index in [-0.39, 0.29) is 11.7 Å². The van der Waals surface area contributed by atoms with Crippen LogP contribution in [0.5, 0.6) is 0 Å². The molecule has 0 radical (unpaired) electrons. The number of hydrogen-bond donors (Lipinski definition) is 1. The molecule has 0 bridgehead atoms. The first-order chi connectivity index (χ1) is 16.8. The fraction of sp³-hybridized carbons (Fsp3) is 0.276. The van der Waals surface area contributed by atoms with Gasteiger partial charge in [-0.1, -0.05) is 99.6 Å². The second-order valence-electron chi connectivity index (χ2n) is 9.33. The van der Waals surface area contributed by atoms with Crippen LogP contribution in [0.3, 0.4) is 0 Å². The summed E-state index contributed by atoms with van der Waals surface area (Å²) in [4.78, 5) is 12.8. The van der Waals surface area contributed by atoms with Crippen LogP contribution in [0.15, 0.2) is 78.0 Å². The molecule has 35 heavy (non-hydrogen) atoms. The Morgan fingerprint density at radius 2 is 1.57 bits per heavy atom. The average Bonchev–Trinajstić information content (AvgIpc) is 3.27. The SMILES string of the molecule is Cc1ccc(-c2nnc(SCC(=O)Nc3ccc(C(C)C)cc3)n2-c2ccccc2C(C)C)cc1. The summed E-state index contributed by atoms with van der Waals surface area (Å²) >= 11 is 1.39. The van der Waals surface area contributed by atoms with Crippen LogP contribution in [-0.4, -0.2) is 26.4 Å². The van der Waals surface area contributed by atoms with Crippen LogP contribution in [0.25, 0.3) is 17.1 Å². The molecule has 0 aliphatic carbocycles. The number of aromatic nitrogens is 3. The van der Waals surface area contributed by atoms with Crippen LogP contribution in [0.4, 0.5) is 5.69 Å². The topological polar surface area (TPSA) is 59.8 Å². The average molecular weight is 485 g/mol. The number of carbonyl (C=O) groups excluding carboxylic acids is 1. The fourth-order valence-electron chi connectivity index (χ4n) is 3.93. The number of amides is 1. The van der Waals surface area contributed by atoms with E-state index in [2.05, 4.69) is 109 Å². The lowest BCUT2D eigenvalue weighted by atomic mass is 10.0. The smallest absolute Gasteiger partial charge is 0.234 e. The lowest BCUT2D eigenvalue weighted by Crippen LogP contribution is -2.14.